The molecule has 0 fully saturated rings. The summed E-state index contributed by atoms with van der Waals surface area (Å²) < 4.78 is 0. The summed E-state index contributed by atoms with van der Waals surface area (Å²) in [6, 6.07) is 1.29. The first kappa shape index (κ1) is 17.4. The number of halogens is 7. The van der Waals surface area contributed by atoms with Gasteiger partial charge in [0.15, 0.2) is 11.5 Å². The molecule has 2 rings (SSSR count). The maximum absolute atomic E-state index is 9.87. The van der Waals surface area contributed by atoms with Crippen molar-refractivity contribution >= 4 is 81.2 Å². The number of aromatic hydroxyl groups is 2. The fraction of sp³-hybridized carbons (Fsp3) is 0. The minimum atomic E-state index is -0.459. The molecule has 21 heavy (non-hydrogen) atoms. The summed E-state index contributed by atoms with van der Waals surface area (Å²) in [4.78, 5) is 0. The zero-order chi connectivity index (χ0) is 16.1. The molecule has 0 spiro atoms. The van der Waals surface area contributed by atoms with Crippen molar-refractivity contribution in [3.8, 4) is 22.6 Å². The molecule has 0 amide bonds. The Morgan fingerprint density at radius 3 is 1.67 bits per heavy atom. The van der Waals surface area contributed by atoms with Gasteiger partial charge in [-0.2, -0.15) is 0 Å². The Morgan fingerprint density at radius 1 is 0.571 bits per heavy atom. The first-order valence-corrected chi connectivity index (χ1v) is 7.74. The van der Waals surface area contributed by atoms with Crippen LogP contribution >= 0.6 is 81.2 Å². The highest BCUT2D eigenvalue weighted by Gasteiger charge is 2.25. The van der Waals surface area contributed by atoms with E-state index in [1.165, 1.54) is 6.07 Å². The van der Waals surface area contributed by atoms with Crippen molar-refractivity contribution in [2.75, 3.05) is 0 Å². The van der Waals surface area contributed by atoms with Crippen LogP contribution < -0.4 is 0 Å². The maximum Gasteiger partial charge on any atom is 0.155 e. The topological polar surface area (TPSA) is 40.5 Å². The molecule has 0 aromatic heterocycles. The Labute approximate surface area is 154 Å². The predicted octanol–water partition coefficient (Wildman–Crippen LogP) is 7.34. The van der Waals surface area contributed by atoms with Gasteiger partial charge in [0, 0.05) is 11.1 Å². The van der Waals surface area contributed by atoms with Gasteiger partial charge in [-0.3, -0.25) is 0 Å². The van der Waals surface area contributed by atoms with Crippen LogP contribution in [0.5, 0.6) is 11.5 Å². The van der Waals surface area contributed by atoms with Gasteiger partial charge in [0.25, 0.3) is 0 Å². The molecule has 2 N–H and O–H groups in total. The van der Waals surface area contributed by atoms with Gasteiger partial charge < -0.3 is 10.2 Å². The van der Waals surface area contributed by atoms with Crippen LogP contribution in [0.3, 0.4) is 0 Å². The van der Waals surface area contributed by atoms with E-state index < -0.39 is 5.75 Å². The number of hydrogen-bond acceptors (Lipinski definition) is 2. The average Bonchev–Trinajstić information content (AvgIpc) is 2.46. The summed E-state index contributed by atoms with van der Waals surface area (Å²) in [6.07, 6.45) is 0. The van der Waals surface area contributed by atoms with Crippen LogP contribution in [0.1, 0.15) is 0 Å². The Hall–Kier alpha value is 0.0700. The van der Waals surface area contributed by atoms with Crippen molar-refractivity contribution in [3.63, 3.8) is 0 Å². The lowest BCUT2D eigenvalue weighted by molar-refractivity contribution is 0.476. The zero-order valence-corrected chi connectivity index (χ0v) is 14.9. The highest BCUT2D eigenvalue weighted by atomic mass is 35.5. The Morgan fingerprint density at radius 2 is 1.10 bits per heavy atom. The highest BCUT2D eigenvalue weighted by Crippen LogP contribution is 2.53. The predicted molar refractivity (Wildman–Crippen MR) is 90.3 cm³/mol. The SMILES string of the molecule is Oc1c(Cl)cc(-c2c(Cl)c(O)c(Cl)c(Cl)c2Cl)c(Cl)c1Cl. The van der Waals surface area contributed by atoms with Crippen molar-refractivity contribution in [1.29, 1.82) is 0 Å². The summed E-state index contributed by atoms with van der Waals surface area (Å²) in [5, 5.41) is 18.7. The molecule has 0 aliphatic carbocycles. The number of benzene rings is 2. The van der Waals surface area contributed by atoms with Gasteiger partial charge >= 0.3 is 0 Å². The number of hydrogen-bond donors (Lipinski definition) is 2. The Bertz CT molecular complexity index is 729. The van der Waals surface area contributed by atoms with E-state index in [9.17, 15) is 10.2 Å². The van der Waals surface area contributed by atoms with Crippen LogP contribution in [0.2, 0.25) is 35.2 Å². The molecule has 0 unspecified atom stereocenters. The normalized spacial score (nSPS) is 11.0. The summed E-state index contributed by atoms with van der Waals surface area (Å²) in [6.45, 7) is 0. The monoisotopic (exact) mass is 424 g/mol. The van der Waals surface area contributed by atoms with Gasteiger partial charge in [-0.1, -0.05) is 81.2 Å². The third kappa shape index (κ3) is 2.84. The lowest BCUT2D eigenvalue weighted by Crippen LogP contribution is -1.89. The lowest BCUT2D eigenvalue weighted by Gasteiger charge is -2.15. The Balaban J connectivity index is 2.93. The Kier molecular flexibility index (Phi) is 5.22. The number of phenols is 2. The van der Waals surface area contributed by atoms with Crippen molar-refractivity contribution in [2.24, 2.45) is 0 Å². The summed E-state index contributed by atoms with van der Waals surface area (Å²) in [5.41, 5.74) is 0.285. The molecule has 2 aromatic carbocycles. The fourth-order valence-electron chi connectivity index (χ4n) is 1.63. The van der Waals surface area contributed by atoms with Crippen LogP contribution in [0.4, 0.5) is 0 Å². The van der Waals surface area contributed by atoms with Gasteiger partial charge in [0.1, 0.15) is 10.0 Å². The van der Waals surface area contributed by atoms with E-state index in [2.05, 4.69) is 0 Å². The van der Waals surface area contributed by atoms with E-state index in [4.69, 9.17) is 81.2 Å². The van der Waals surface area contributed by atoms with Crippen molar-refractivity contribution in [2.45, 2.75) is 0 Å². The maximum atomic E-state index is 9.87. The molecular formula is C12H3Cl7O2. The highest BCUT2D eigenvalue weighted by molar-refractivity contribution is 6.53. The van der Waals surface area contributed by atoms with Gasteiger partial charge in [-0.15, -0.1) is 0 Å². The second-order valence-electron chi connectivity index (χ2n) is 3.86. The van der Waals surface area contributed by atoms with E-state index in [1.54, 1.807) is 0 Å². The molecule has 0 saturated heterocycles. The largest absolute Gasteiger partial charge is 0.505 e. The van der Waals surface area contributed by atoms with Crippen LogP contribution in [-0.2, 0) is 0 Å². The second-order valence-corrected chi connectivity index (χ2v) is 6.54. The smallest absolute Gasteiger partial charge is 0.155 e. The van der Waals surface area contributed by atoms with Crippen LogP contribution in [0.15, 0.2) is 6.07 Å². The van der Waals surface area contributed by atoms with Crippen LogP contribution in [0, 0.1) is 0 Å². The molecule has 2 aromatic rings. The minimum Gasteiger partial charge on any atom is -0.505 e. The first-order valence-electron chi connectivity index (χ1n) is 5.10. The van der Waals surface area contributed by atoms with Crippen molar-refractivity contribution in [3.05, 3.63) is 41.2 Å². The molecule has 2 nitrogen and oxygen atoms in total. The van der Waals surface area contributed by atoms with Crippen molar-refractivity contribution < 1.29 is 10.2 Å². The first-order chi connectivity index (χ1) is 9.68. The minimum absolute atomic E-state index is 0.0378. The van der Waals surface area contributed by atoms with E-state index in [-0.39, 0.29) is 52.0 Å². The molecule has 0 bridgehead atoms. The third-order valence-corrected chi connectivity index (χ3v) is 5.47. The van der Waals surface area contributed by atoms with Gasteiger partial charge in [-0.25, -0.2) is 0 Å². The quantitative estimate of drug-likeness (QED) is 0.369. The fourth-order valence-corrected chi connectivity index (χ4v) is 3.42. The van der Waals surface area contributed by atoms with E-state index in [1.807, 2.05) is 0 Å². The van der Waals surface area contributed by atoms with E-state index in [0.29, 0.717) is 0 Å². The van der Waals surface area contributed by atoms with Gasteiger partial charge in [0.2, 0.25) is 0 Å². The molecular weight excluding hydrogens is 424 g/mol. The average molecular weight is 427 g/mol. The summed E-state index contributed by atoms with van der Waals surface area (Å²) in [5.74, 6) is -0.845. The van der Waals surface area contributed by atoms with Gasteiger partial charge in [-0.05, 0) is 6.07 Å². The summed E-state index contributed by atoms with van der Waals surface area (Å²) in [7, 11) is 0. The third-order valence-electron chi connectivity index (χ3n) is 2.64. The molecule has 112 valence electrons. The second kappa shape index (κ2) is 6.29. The van der Waals surface area contributed by atoms with E-state index >= 15 is 0 Å². The molecule has 0 saturated carbocycles. The standard InChI is InChI=1S/C12H3Cl7O2/c13-3-1-2(5(14)9(18)11(3)20)4-6(15)8(17)10(19)12(21)7(4)16/h1,20-21H. The van der Waals surface area contributed by atoms with E-state index in [0.717, 1.165) is 0 Å². The molecule has 0 aliphatic heterocycles. The van der Waals surface area contributed by atoms with Crippen LogP contribution in [0.25, 0.3) is 11.1 Å². The molecule has 0 aliphatic rings. The van der Waals surface area contributed by atoms with Crippen molar-refractivity contribution in [1.82, 2.24) is 0 Å². The molecule has 0 heterocycles. The molecule has 0 radical (unpaired) electrons. The number of phenolic OH excluding ortho intramolecular Hbond substituents is 2. The zero-order valence-electron chi connectivity index (χ0n) is 9.62. The van der Waals surface area contributed by atoms with Crippen LogP contribution in [-0.4, -0.2) is 10.2 Å². The molecule has 9 heteroatoms. The number of rotatable bonds is 1. The van der Waals surface area contributed by atoms with Gasteiger partial charge in [0.05, 0.1) is 25.1 Å². The summed E-state index contributed by atoms with van der Waals surface area (Å²) >= 11 is 41.7. The molecule has 0 atom stereocenters. The lowest BCUT2D eigenvalue weighted by atomic mass is 10.0.